The van der Waals surface area contributed by atoms with Gasteiger partial charge < -0.3 is 5.32 Å². The average Bonchev–Trinajstić information content (AvgIpc) is 2.25. The molecule has 0 aliphatic heterocycles. The third kappa shape index (κ3) is 3.48. The monoisotopic (exact) mass is 277 g/mol. The van der Waals surface area contributed by atoms with Crippen molar-refractivity contribution in [3.63, 3.8) is 0 Å². The Morgan fingerprint density at radius 2 is 1.63 bits per heavy atom. The minimum Gasteiger partial charge on any atom is -0.381 e. The van der Waals surface area contributed by atoms with Crippen LogP contribution < -0.4 is 5.32 Å². The van der Waals surface area contributed by atoms with Crippen molar-refractivity contribution in [2.75, 3.05) is 5.32 Å². The summed E-state index contributed by atoms with van der Waals surface area (Å²) >= 11 is 5.84. The van der Waals surface area contributed by atoms with E-state index in [4.69, 9.17) is 11.6 Å². The molecule has 0 aliphatic carbocycles. The molecule has 1 nitrogen and oxygen atoms in total. The maximum atomic E-state index is 13.2. The molecule has 0 fully saturated rings. The number of nitrogens with one attached hydrogen (secondary N) is 1. The smallest absolute Gasteiger partial charge is 0.126 e. The predicted molar refractivity (Wildman–Crippen MR) is 79.4 cm³/mol. The summed E-state index contributed by atoms with van der Waals surface area (Å²) in [6, 6.07) is 8.79. The molecule has 0 saturated heterocycles. The number of halogens is 2. The Morgan fingerprint density at radius 1 is 1.00 bits per heavy atom. The fourth-order valence-corrected chi connectivity index (χ4v) is 2.56. The summed E-state index contributed by atoms with van der Waals surface area (Å²) in [6.07, 6.45) is 0. The normalized spacial score (nSPS) is 10.6. The van der Waals surface area contributed by atoms with Crippen LogP contribution in [0.4, 0.5) is 10.1 Å². The van der Waals surface area contributed by atoms with Gasteiger partial charge in [0, 0.05) is 17.3 Å². The van der Waals surface area contributed by atoms with Gasteiger partial charge in [-0.3, -0.25) is 0 Å². The van der Waals surface area contributed by atoms with Crippen molar-refractivity contribution in [2.24, 2.45) is 0 Å². The number of hydrogen-bond acceptors (Lipinski definition) is 1. The van der Waals surface area contributed by atoms with Gasteiger partial charge in [-0.05, 0) is 55.7 Å². The van der Waals surface area contributed by atoms with Gasteiger partial charge in [0.25, 0.3) is 0 Å². The van der Waals surface area contributed by atoms with Crippen LogP contribution in [0.2, 0.25) is 5.02 Å². The van der Waals surface area contributed by atoms with Gasteiger partial charge in [0.15, 0.2) is 0 Å². The van der Waals surface area contributed by atoms with Crippen LogP contribution >= 0.6 is 11.6 Å². The van der Waals surface area contributed by atoms with Gasteiger partial charge in [0.2, 0.25) is 0 Å². The molecule has 2 rings (SSSR count). The Hall–Kier alpha value is -1.54. The maximum absolute atomic E-state index is 13.2. The Kier molecular flexibility index (Phi) is 4.11. The van der Waals surface area contributed by atoms with Gasteiger partial charge in [-0.15, -0.1) is 0 Å². The van der Waals surface area contributed by atoms with E-state index in [0.29, 0.717) is 17.3 Å². The van der Waals surface area contributed by atoms with E-state index in [9.17, 15) is 4.39 Å². The van der Waals surface area contributed by atoms with Crippen LogP contribution in [0, 0.1) is 26.6 Å². The van der Waals surface area contributed by atoms with E-state index in [1.165, 1.54) is 34.4 Å². The molecule has 2 aromatic rings. The van der Waals surface area contributed by atoms with Crippen LogP contribution in [0.15, 0.2) is 30.3 Å². The van der Waals surface area contributed by atoms with Crippen molar-refractivity contribution in [3.05, 3.63) is 63.4 Å². The SMILES string of the molecule is Cc1cc(C)c(CNc2cc(F)cc(Cl)c2)c(C)c1. The van der Waals surface area contributed by atoms with Crippen LogP contribution in [0.25, 0.3) is 0 Å². The third-order valence-electron chi connectivity index (χ3n) is 3.17. The molecule has 0 amide bonds. The van der Waals surface area contributed by atoms with Crippen LogP contribution in [0.3, 0.4) is 0 Å². The highest BCUT2D eigenvalue weighted by atomic mass is 35.5. The summed E-state index contributed by atoms with van der Waals surface area (Å²) in [4.78, 5) is 0. The molecule has 0 saturated carbocycles. The minimum atomic E-state index is -0.327. The number of anilines is 1. The lowest BCUT2D eigenvalue weighted by atomic mass is 10.00. The topological polar surface area (TPSA) is 12.0 Å². The van der Waals surface area contributed by atoms with Crippen molar-refractivity contribution in [2.45, 2.75) is 27.3 Å². The Labute approximate surface area is 118 Å². The first-order valence-corrected chi connectivity index (χ1v) is 6.60. The highest BCUT2D eigenvalue weighted by Gasteiger charge is 2.05. The number of hydrogen-bond donors (Lipinski definition) is 1. The summed E-state index contributed by atoms with van der Waals surface area (Å²) in [5.74, 6) is -0.327. The molecular weight excluding hydrogens is 261 g/mol. The number of aryl methyl sites for hydroxylation is 3. The summed E-state index contributed by atoms with van der Waals surface area (Å²) in [6.45, 7) is 6.94. The van der Waals surface area contributed by atoms with E-state index in [-0.39, 0.29) is 5.82 Å². The summed E-state index contributed by atoms with van der Waals surface area (Å²) in [5.41, 5.74) is 5.68. The Morgan fingerprint density at radius 3 is 2.21 bits per heavy atom. The van der Waals surface area contributed by atoms with Crippen molar-refractivity contribution < 1.29 is 4.39 Å². The zero-order chi connectivity index (χ0) is 14.0. The van der Waals surface area contributed by atoms with Gasteiger partial charge in [-0.25, -0.2) is 4.39 Å². The lowest BCUT2D eigenvalue weighted by Gasteiger charge is -2.13. The zero-order valence-corrected chi connectivity index (χ0v) is 12.1. The van der Waals surface area contributed by atoms with Crippen molar-refractivity contribution in [3.8, 4) is 0 Å². The molecule has 1 N–H and O–H groups in total. The van der Waals surface area contributed by atoms with Crippen LogP contribution in [0.1, 0.15) is 22.3 Å². The van der Waals surface area contributed by atoms with E-state index in [0.717, 1.165) is 0 Å². The molecular formula is C16H17ClFN. The Balaban J connectivity index is 2.19. The summed E-state index contributed by atoms with van der Waals surface area (Å²) < 4.78 is 13.2. The molecule has 2 aromatic carbocycles. The fourth-order valence-electron chi connectivity index (χ4n) is 2.34. The molecule has 0 unspecified atom stereocenters. The van der Waals surface area contributed by atoms with Crippen LogP contribution in [-0.4, -0.2) is 0 Å². The Bertz CT molecular complexity index is 564. The van der Waals surface area contributed by atoms with E-state index in [1.54, 1.807) is 6.07 Å². The molecule has 0 heterocycles. The van der Waals surface area contributed by atoms with Gasteiger partial charge in [-0.1, -0.05) is 29.3 Å². The average molecular weight is 278 g/mol. The second kappa shape index (κ2) is 5.62. The highest BCUT2D eigenvalue weighted by molar-refractivity contribution is 6.30. The molecule has 19 heavy (non-hydrogen) atoms. The second-order valence-corrected chi connectivity index (χ2v) is 5.33. The predicted octanol–water partition coefficient (Wildman–Crippen LogP) is 5.02. The summed E-state index contributed by atoms with van der Waals surface area (Å²) in [5, 5.41) is 3.62. The highest BCUT2D eigenvalue weighted by Crippen LogP contribution is 2.21. The van der Waals surface area contributed by atoms with Gasteiger partial charge >= 0.3 is 0 Å². The minimum absolute atomic E-state index is 0.327. The molecule has 100 valence electrons. The number of benzene rings is 2. The molecule has 0 aliphatic rings. The molecule has 3 heteroatoms. The van der Waals surface area contributed by atoms with Crippen molar-refractivity contribution in [1.29, 1.82) is 0 Å². The fraction of sp³-hybridized carbons (Fsp3) is 0.250. The largest absolute Gasteiger partial charge is 0.381 e. The van der Waals surface area contributed by atoms with Crippen molar-refractivity contribution >= 4 is 17.3 Å². The van der Waals surface area contributed by atoms with Crippen molar-refractivity contribution in [1.82, 2.24) is 0 Å². The van der Waals surface area contributed by atoms with Crippen LogP contribution in [-0.2, 0) is 6.54 Å². The van der Waals surface area contributed by atoms with E-state index in [1.807, 2.05) is 0 Å². The third-order valence-corrected chi connectivity index (χ3v) is 3.39. The molecule has 0 bridgehead atoms. The standard InChI is InChI=1S/C16H17ClFN/c1-10-4-11(2)16(12(3)5-10)9-19-15-7-13(17)6-14(18)8-15/h4-8,19H,9H2,1-3H3. The van der Waals surface area contributed by atoms with E-state index >= 15 is 0 Å². The molecule has 0 radical (unpaired) electrons. The van der Waals surface area contributed by atoms with E-state index in [2.05, 4.69) is 38.2 Å². The molecule has 0 atom stereocenters. The lowest BCUT2D eigenvalue weighted by Crippen LogP contribution is -2.04. The second-order valence-electron chi connectivity index (χ2n) is 4.89. The zero-order valence-electron chi connectivity index (χ0n) is 11.3. The van der Waals surface area contributed by atoms with Crippen LogP contribution in [0.5, 0.6) is 0 Å². The summed E-state index contributed by atoms with van der Waals surface area (Å²) in [7, 11) is 0. The van der Waals surface area contributed by atoms with Gasteiger partial charge in [0.1, 0.15) is 5.82 Å². The number of rotatable bonds is 3. The van der Waals surface area contributed by atoms with Gasteiger partial charge in [-0.2, -0.15) is 0 Å². The molecule has 0 aromatic heterocycles. The first kappa shape index (κ1) is 13.9. The first-order valence-electron chi connectivity index (χ1n) is 6.22. The lowest BCUT2D eigenvalue weighted by molar-refractivity contribution is 0.628. The van der Waals surface area contributed by atoms with Gasteiger partial charge in [0.05, 0.1) is 0 Å². The molecule has 0 spiro atoms. The quantitative estimate of drug-likeness (QED) is 0.831. The first-order chi connectivity index (χ1) is 8.95. The maximum Gasteiger partial charge on any atom is 0.126 e. The van der Waals surface area contributed by atoms with E-state index < -0.39 is 0 Å².